The molecule has 0 saturated carbocycles. The van der Waals surface area contributed by atoms with Gasteiger partial charge < -0.3 is 5.11 Å². The first-order valence-corrected chi connectivity index (χ1v) is 4.24. The van der Waals surface area contributed by atoms with Crippen LogP contribution in [0.15, 0.2) is 5.16 Å². The van der Waals surface area contributed by atoms with Crippen molar-refractivity contribution in [2.75, 3.05) is 0 Å². The maximum Gasteiger partial charge on any atom is 0.333 e. The van der Waals surface area contributed by atoms with Crippen LogP contribution in [0.2, 0.25) is 0 Å². The van der Waals surface area contributed by atoms with Crippen LogP contribution in [0.4, 0.5) is 0 Å². The van der Waals surface area contributed by atoms with E-state index in [9.17, 15) is 0 Å². The second-order valence-electron chi connectivity index (χ2n) is 2.48. The van der Waals surface area contributed by atoms with Crippen molar-refractivity contribution in [3.05, 3.63) is 0 Å². The number of aromatic nitrogens is 3. The molecule has 0 aliphatic carbocycles. The van der Waals surface area contributed by atoms with Crippen molar-refractivity contribution in [1.29, 1.82) is 0 Å². The van der Waals surface area contributed by atoms with Gasteiger partial charge in [0.2, 0.25) is 0 Å². The monoisotopic (exact) mass is 173 g/mol. The molecule has 1 aromatic rings. The summed E-state index contributed by atoms with van der Waals surface area (Å²) in [5, 5.41) is 13.8. The van der Waals surface area contributed by atoms with E-state index in [-0.39, 0.29) is 6.01 Å². The number of aromatic hydroxyl groups is 1. The van der Waals surface area contributed by atoms with E-state index in [4.69, 9.17) is 5.11 Å². The van der Waals surface area contributed by atoms with Crippen molar-refractivity contribution in [2.45, 2.75) is 24.3 Å². The van der Waals surface area contributed by atoms with Gasteiger partial charge in [-0.2, -0.15) is 4.98 Å². The molecular formula is C6H11N3OS. The molecule has 0 aliphatic heterocycles. The zero-order chi connectivity index (χ0) is 8.43. The number of hydrogen-bond acceptors (Lipinski definition) is 4. The minimum absolute atomic E-state index is 0.157. The Labute approximate surface area is 69.6 Å². The smallest absolute Gasteiger partial charge is 0.333 e. The summed E-state index contributed by atoms with van der Waals surface area (Å²) in [6, 6.07) is -0.157. The van der Waals surface area contributed by atoms with Crippen LogP contribution in [0.3, 0.4) is 0 Å². The molecule has 11 heavy (non-hydrogen) atoms. The standard InChI is InChI=1S/C6H11N3OS/c1-4(2)11-6-7-5(10)8-9(6)3/h4H,1-3H3,(H,8,10). The lowest BCUT2D eigenvalue weighted by molar-refractivity contribution is 0.427. The Balaban J connectivity index is 2.77. The fourth-order valence-electron chi connectivity index (χ4n) is 0.671. The van der Waals surface area contributed by atoms with Gasteiger partial charge in [0.15, 0.2) is 5.16 Å². The number of hydrogen-bond donors (Lipinski definition) is 1. The predicted molar refractivity (Wildman–Crippen MR) is 43.7 cm³/mol. The highest BCUT2D eigenvalue weighted by Crippen LogP contribution is 2.21. The topological polar surface area (TPSA) is 50.9 Å². The van der Waals surface area contributed by atoms with Crippen molar-refractivity contribution in [2.24, 2.45) is 7.05 Å². The summed E-state index contributed by atoms with van der Waals surface area (Å²) in [7, 11) is 1.76. The second-order valence-corrected chi connectivity index (χ2v) is 4.03. The SMILES string of the molecule is CC(C)Sc1nc(O)nn1C. The summed E-state index contributed by atoms with van der Waals surface area (Å²) >= 11 is 1.58. The van der Waals surface area contributed by atoms with Gasteiger partial charge >= 0.3 is 6.01 Å². The molecule has 0 unspecified atom stereocenters. The van der Waals surface area contributed by atoms with Gasteiger partial charge in [-0.3, -0.25) is 0 Å². The Kier molecular flexibility index (Phi) is 2.38. The third-order valence-corrected chi connectivity index (χ3v) is 2.09. The van der Waals surface area contributed by atoms with Crippen LogP contribution < -0.4 is 0 Å². The van der Waals surface area contributed by atoms with Gasteiger partial charge in [-0.25, -0.2) is 4.68 Å². The maximum atomic E-state index is 8.89. The molecule has 0 aromatic carbocycles. The Hall–Kier alpha value is -0.710. The van der Waals surface area contributed by atoms with E-state index in [0.29, 0.717) is 5.25 Å². The number of thioether (sulfide) groups is 1. The average Bonchev–Trinajstić information content (AvgIpc) is 2.09. The predicted octanol–water partition coefficient (Wildman–Crippen LogP) is 1.02. The molecule has 1 N–H and O–H groups in total. The van der Waals surface area contributed by atoms with Gasteiger partial charge in [-0.1, -0.05) is 25.6 Å². The summed E-state index contributed by atoms with van der Waals surface area (Å²) in [4.78, 5) is 3.82. The molecule has 0 atom stereocenters. The van der Waals surface area contributed by atoms with Gasteiger partial charge in [0.1, 0.15) is 0 Å². The third kappa shape index (κ3) is 2.11. The van der Waals surface area contributed by atoms with Crippen LogP contribution in [-0.2, 0) is 7.05 Å². The Bertz CT molecular complexity index is 246. The van der Waals surface area contributed by atoms with E-state index in [1.54, 1.807) is 23.5 Å². The summed E-state index contributed by atoms with van der Waals surface area (Å²) in [6.45, 7) is 4.13. The molecule has 5 heteroatoms. The van der Waals surface area contributed by atoms with Crippen molar-refractivity contribution < 1.29 is 5.11 Å². The lowest BCUT2D eigenvalue weighted by Gasteiger charge is -2.00. The van der Waals surface area contributed by atoms with Crippen LogP contribution in [0, 0.1) is 0 Å². The Morgan fingerprint density at radius 2 is 2.18 bits per heavy atom. The molecule has 0 amide bonds. The zero-order valence-corrected chi connectivity index (χ0v) is 7.59. The van der Waals surface area contributed by atoms with Crippen LogP contribution in [0.25, 0.3) is 0 Å². The number of nitrogens with zero attached hydrogens (tertiary/aromatic N) is 3. The first-order valence-electron chi connectivity index (χ1n) is 3.36. The van der Waals surface area contributed by atoms with Crippen molar-refractivity contribution in [1.82, 2.24) is 14.8 Å². The van der Waals surface area contributed by atoms with Crippen molar-refractivity contribution in [3.63, 3.8) is 0 Å². The van der Waals surface area contributed by atoms with Crippen LogP contribution in [-0.4, -0.2) is 25.1 Å². The molecule has 1 rings (SSSR count). The lowest BCUT2D eigenvalue weighted by Crippen LogP contribution is -1.96. The van der Waals surface area contributed by atoms with Gasteiger partial charge in [0.05, 0.1) is 0 Å². The molecule has 0 radical (unpaired) electrons. The van der Waals surface area contributed by atoms with E-state index in [1.807, 2.05) is 0 Å². The number of rotatable bonds is 2. The van der Waals surface area contributed by atoms with E-state index >= 15 is 0 Å². The van der Waals surface area contributed by atoms with Gasteiger partial charge in [-0.05, 0) is 0 Å². The fourth-order valence-corrected chi connectivity index (χ4v) is 1.42. The minimum atomic E-state index is -0.157. The van der Waals surface area contributed by atoms with Gasteiger partial charge in [-0.15, -0.1) is 5.10 Å². The molecule has 0 bridgehead atoms. The number of aryl methyl sites for hydroxylation is 1. The molecule has 1 heterocycles. The zero-order valence-electron chi connectivity index (χ0n) is 6.77. The first kappa shape index (κ1) is 8.39. The van der Waals surface area contributed by atoms with E-state index in [2.05, 4.69) is 23.9 Å². The fraction of sp³-hybridized carbons (Fsp3) is 0.667. The lowest BCUT2D eigenvalue weighted by atomic mass is 10.6. The van der Waals surface area contributed by atoms with Crippen molar-refractivity contribution in [3.8, 4) is 6.01 Å². The molecule has 62 valence electrons. The minimum Gasteiger partial charge on any atom is -0.478 e. The maximum absolute atomic E-state index is 8.89. The molecule has 1 aromatic heterocycles. The summed E-state index contributed by atoms with van der Waals surface area (Å²) in [6.07, 6.45) is 0. The van der Waals surface area contributed by atoms with Crippen molar-refractivity contribution >= 4 is 11.8 Å². The summed E-state index contributed by atoms with van der Waals surface area (Å²) in [5.41, 5.74) is 0. The van der Waals surface area contributed by atoms with E-state index in [1.165, 1.54) is 0 Å². The molecule has 0 spiro atoms. The highest BCUT2D eigenvalue weighted by Gasteiger charge is 2.07. The van der Waals surface area contributed by atoms with Crippen LogP contribution >= 0.6 is 11.8 Å². The summed E-state index contributed by atoms with van der Waals surface area (Å²) < 4.78 is 1.57. The third-order valence-electron chi connectivity index (χ3n) is 1.05. The largest absolute Gasteiger partial charge is 0.478 e. The molecule has 0 saturated heterocycles. The van der Waals surface area contributed by atoms with Gasteiger partial charge in [0.25, 0.3) is 0 Å². The quantitative estimate of drug-likeness (QED) is 0.678. The van der Waals surface area contributed by atoms with Crippen LogP contribution in [0.1, 0.15) is 13.8 Å². The summed E-state index contributed by atoms with van der Waals surface area (Å²) in [5.74, 6) is 0. The Morgan fingerprint density at radius 3 is 2.55 bits per heavy atom. The second kappa shape index (κ2) is 3.13. The van der Waals surface area contributed by atoms with Gasteiger partial charge in [0, 0.05) is 12.3 Å². The molecular weight excluding hydrogens is 162 g/mol. The average molecular weight is 173 g/mol. The first-order chi connectivity index (χ1) is 5.09. The highest BCUT2D eigenvalue weighted by atomic mass is 32.2. The van der Waals surface area contributed by atoms with E-state index in [0.717, 1.165) is 5.16 Å². The normalized spacial score (nSPS) is 10.9. The molecule has 4 nitrogen and oxygen atoms in total. The van der Waals surface area contributed by atoms with E-state index < -0.39 is 0 Å². The molecule has 0 aliphatic rings. The van der Waals surface area contributed by atoms with Crippen LogP contribution in [0.5, 0.6) is 6.01 Å². The highest BCUT2D eigenvalue weighted by molar-refractivity contribution is 7.99. The molecule has 0 fully saturated rings. The Morgan fingerprint density at radius 1 is 1.55 bits per heavy atom.